The number of rotatable bonds is 3. The number of esters is 1. The molecule has 0 aliphatic heterocycles. The van der Waals surface area contributed by atoms with Crippen molar-refractivity contribution in [2.45, 2.75) is 0 Å². The van der Waals surface area contributed by atoms with Crippen LogP contribution in [0.4, 0.5) is 0 Å². The highest BCUT2D eigenvalue weighted by Gasteiger charge is 2.10. The third-order valence-corrected chi connectivity index (χ3v) is 2.60. The van der Waals surface area contributed by atoms with E-state index in [2.05, 4.69) is 15.3 Å². The summed E-state index contributed by atoms with van der Waals surface area (Å²) in [5, 5.41) is 7.56. The van der Waals surface area contributed by atoms with E-state index in [0.717, 1.165) is 0 Å². The molecule has 3 rings (SSSR count). The minimum atomic E-state index is -0.467. The van der Waals surface area contributed by atoms with Gasteiger partial charge in [0.1, 0.15) is 5.75 Å². The van der Waals surface area contributed by atoms with Crippen molar-refractivity contribution in [2.75, 3.05) is 0 Å². The number of nitrogens with zero attached hydrogens (tertiary/aromatic N) is 4. The van der Waals surface area contributed by atoms with Crippen LogP contribution in [-0.2, 0) is 0 Å². The molecule has 20 heavy (non-hydrogen) atoms. The van der Waals surface area contributed by atoms with Crippen molar-refractivity contribution in [2.24, 2.45) is 0 Å². The van der Waals surface area contributed by atoms with Crippen molar-refractivity contribution in [3.05, 3.63) is 66.7 Å². The average Bonchev–Trinajstić information content (AvgIpc) is 3.03. The van der Waals surface area contributed by atoms with Gasteiger partial charge in [0.2, 0.25) is 0 Å². The van der Waals surface area contributed by atoms with E-state index < -0.39 is 5.97 Å². The van der Waals surface area contributed by atoms with Gasteiger partial charge in [-0.3, -0.25) is 4.98 Å². The Balaban J connectivity index is 1.84. The highest BCUT2D eigenvalue weighted by molar-refractivity contribution is 5.91. The molecule has 0 aliphatic rings. The smallest absolute Gasteiger partial charge is 0.345 e. The largest absolute Gasteiger partial charge is 0.423 e. The molecule has 1 aromatic carbocycles. The Hall–Kier alpha value is -3.02. The highest BCUT2D eigenvalue weighted by atomic mass is 16.5. The van der Waals surface area contributed by atoms with Crippen LogP contribution in [0.2, 0.25) is 0 Å². The predicted molar refractivity (Wildman–Crippen MR) is 70.6 cm³/mol. The third-order valence-electron chi connectivity index (χ3n) is 2.60. The second-order valence-electron chi connectivity index (χ2n) is 3.98. The van der Waals surface area contributed by atoms with E-state index in [1.165, 1.54) is 10.9 Å². The number of hydrogen-bond donors (Lipinski definition) is 0. The Bertz CT molecular complexity index is 711. The van der Waals surface area contributed by atoms with Gasteiger partial charge in [-0.25, -0.2) is 9.48 Å². The molecule has 0 fully saturated rings. The highest BCUT2D eigenvalue weighted by Crippen LogP contribution is 2.13. The molecule has 2 aromatic heterocycles. The fourth-order valence-corrected chi connectivity index (χ4v) is 1.67. The van der Waals surface area contributed by atoms with Crippen LogP contribution < -0.4 is 4.74 Å². The van der Waals surface area contributed by atoms with E-state index >= 15 is 0 Å². The van der Waals surface area contributed by atoms with Crippen LogP contribution in [0.3, 0.4) is 0 Å². The number of aromatic nitrogens is 4. The fourth-order valence-electron chi connectivity index (χ4n) is 1.67. The molecule has 6 heteroatoms. The van der Waals surface area contributed by atoms with Crippen molar-refractivity contribution in [3.63, 3.8) is 0 Å². The van der Waals surface area contributed by atoms with Crippen LogP contribution in [0, 0.1) is 0 Å². The first-order valence-electron chi connectivity index (χ1n) is 5.92. The fraction of sp³-hybridized carbons (Fsp3) is 0. The van der Waals surface area contributed by atoms with E-state index in [0.29, 0.717) is 17.0 Å². The van der Waals surface area contributed by atoms with Crippen LogP contribution >= 0.6 is 0 Å². The molecule has 2 heterocycles. The van der Waals surface area contributed by atoms with E-state index in [-0.39, 0.29) is 0 Å². The van der Waals surface area contributed by atoms with E-state index in [1.807, 2.05) is 6.07 Å². The third kappa shape index (κ3) is 2.54. The maximum atomic E-state index is 12.0. The van der Waals surface area contributed by atoms with E-state index in [1.54, 1.807) is 48.9 Å². The lowest BCUT2D eigenvalue weighted by molar-refractivity contribution is 0.0734. The van der Waals surface area contributed by atoms with Gasteiger partial charge >= 0.3 is 5.97 Å². The SMILES string of the molecule is O=C(Oc1ccccc1)c1cncc(-n2ccnn2)c1. The van der Waals surface area contributed by atoms with Gasteiger partial charge in [-0.2, -0.15) is 0 Å². The molecule has 3 aromatic rings. The van der Waals surface area contributed by atoms with Gasteiger partial charge in [0.15, 0.2) is 0 Å². The number of benzene rings is 1. The van der Waals surface area contributed by atoms with Crippen molar-refractivity contribution >= 4 is 5.97 Å². The Morgan fingerprint density at radius 2 is 2.00 bits per heavy atom. The molecule has 0 unspecified atom stereocenters. The average molecular weight is 266 g/mol. The molecule has 6 nitrogen and oxygen atoms in total. The lowest BCUT2D eigenvalue weighted by Gasteiger charge is -2.05. The first-order valence-corrected chi connectivity index (χ1v) is 5.92. The molecule has 0 saturated carbocycles. The van der Waals surface area contributed by atoms with Crippen molar-refractivity contribution in [3.8, 4) is 11.4 Å². The number of carbonyl (C=O) groups excluding carboxylic acids is 1. The Morgan fingerprint density at radius 1 is 1.15 bits per heavy atom. The Morgan fingerprint density at radius 3 is 2.75 bits per heavy atom. The standard InChI is InChI=1S/C14H10N4O2/c19-14(20-13-4-2-1-3-5-13)11-8-12(10-15-9-11)18-7-6-16-17-18/h1-10H. The first-order chi connectivity index (χ1) is 9.83. The van der Waals surface area contributed by atoms with Gasteiger partial charge in [0, 0.05) is 6.20 Å². The summed E-state index contributed by atoms with van der Waals surface area (Å²) in [5.74, 6) is 0.0225. The van der Waals surface area contributed by atoms with E-state index in [4.69, 9.17) is 4.74 Å². The molecule has 0 N–H and O–H groups in total. The van der Waals surface area contributed by atoms with Crippen LogP contribution in [0.1, 0.15) is 10.4 Å². The lowest BCUT2D eigenvalue weighted by atomic mass is 10.2. The molecule has 98 valence electrons. The zero-order valence-electron chi connectivity index (χ0n) is 10.4. The van der Waals surface area contributed by atoms with Gasteiger partial charge in [-0.15, -0.1) is 5.10 Å². The molecular formula is C14H10N4O2. The molecule has 0 amide bonds. The summed E-state index contributed by atoms with van der Waals surface area (Å²) in [7, 11) is 0. The zero-order valence-corrected chi connectivity index (χ0v) is 10.4. The van der Waals surface area contributed by atoms with Gasteiger partial charge in [-0.1, -0.05) is 23.4 Å². The van der Waals surface area contributed by atoms with Crippen molar-refractivity contribution in [1.29, 1.82) is 0 Å². The summed E-state index contributed by atoms with van der Waals surface area (Å²) in [4.78, 5) is 16.0. The number of pyridine rings is 1. The lowest BCUT2D eigenvalue weighted by Crippen LogP contribution is -2.10. The second kappa shape index (κ2) is 5.31. The summed E-state index contributed by atoms with van der Waals surface area (Å²) < 4.78 is 6.77. The normalized spacial score (nSPS) is 10.2. The number of hydrogen-bond acceptors (Lipinski definition) is 5. The summed E-state index contributed by atoms with van der Waals surface area (Å²) in [6.45, 7) is 0. The monoisotopic (exact) mass is 266 g/mol. The zero-order chi connectivity index (χ0) is 13.8. The van der Waals surface area contributed by atoms with Crippen LogP contribution in [-0.4, -0.2) is 25.9 Å². The minimum Gasteiger partial charge on any atom is -0.423 e. The Labute approximate surface area is 114 Å². The van der Waals surface area contributed by atoms with E-state index in [9.17, 15) is 4.79 Å². The van der Waals surface area contributed by atoms with Gasteiger partial charge in [0.05, 0.1) is 29.8 Å². The maximum Gasteiger partial charge on any atom is 0.345 e. The molecule has 0 saturated heterocycles. The predicted octanol–water partition coefficient (Wildman–Crippen LogP) is 1.88. The van der Waals surface area contributed by atoms with Crippen LogP contribution in [0.5, 0.6) is 5.75 Å². The molecule has 0 radical (unpaired) electrons. The Kier molecular flexibility index (Phi) is 3.20. The summed E-state index contributed by atoms with van der Waals surface area (Å²) in [6.07, 6.45) is 6.26. The van der Waals surface area contributed by atoms with Crippen molar-refractivity contribution < 1.29 is 9.53 Å². The van der Waals surface area contributed by atoms with Gasteiger partial charge < -0.3 is 4.74 Å². The topological polar surface area (TPSA) is 69.9 Å². The number of para-hydroxylation sites is 1. The molecule has 0 atom stereocenters. The maximum absolute atomic E-state index is 12.0. The molecular weight excluding hydrogens is 256 g/mol. The molecule has 0 bridgehead atoms. The summed E-state index contributed by atoms with van der Waals surface area (Å²) >= 11 is 0. The van der Waals surface area contributed by atoms with Crippen LogP contribution in [0.15, 0.2) is 61.2 Å². The minimum absolute atomic E-state index is 0.349. The van der Waals surface area contributed by atoms with Gasteiger partial charge in [-0.05, 0) is 18.2 Å². The summed E-state index contributed by atoms with van der Waals surface area (Å²) in [5.41, 5.74) is 0.992. The first kappa shape index (κ1) is 12.0. The molecule has 0 spiro atoms. The van der Waals surface area contributed by atoms with Crippen molar-refractivity contribution in [1.82, 2.24) is 20.0 Å². The number of carbonyl (C=O) groups is 1. The quantitative estimate of drug-likeness (QED) is 0.534. The number of ether oxygens (including phenoxy) is 1. The molecule has 0 aliphatic carbocycles. The van der Waals surface area contributed by atoms with Crippen LogP contribution in [0.25, 0.3) is 5.69 Å². The summed E-state index contributed by atoms with van der Waals surface area (Å²) in [6, 6.07) is 10.5. The van der Waals surface area contributed by atoms with Gasteiger partial charge in [0.25, 0.3) is 0 Å². The second-order valence-corrected chi connectivity index (χ2v) is 3.98.